The summed E-state index contributed by atoms with van der Waals surface area (Å²) in [6.07, 6.45) is 6.60. The zero-order valence-electron chi connectivity index (χ0n) is 12.0. The Morgan fingerprint density at radius 2 is 2.47 bits per heavy atom. The lowest BCUT2D eigenvalue weighted by Crippen LogP contribution is -2.20. The first-order chi connectivity index (χ1) is 9.33. The lowest BCUT2D eigenvalue weighted by molar-refractivity contribution is 0.101. The smallest absolute Gasteiger partial charge is 0.129 e. The van der Waals surface area contributed by atoms with E-state index in [0.29, 0.717) is 12.1 Å². The van der Waals surface area contributed by atoms with Crippen molar-refractivity contribution in [1.29, 1.82) is 0 Å². The molecule has 19 heavy (non-hydrogen) atoms. The minimum Gasteiger partial charge on any atom is -0.496 e. The van der Waals surface area contributed by atoms with Crippen molar-refractivity contribution in [3.63, 3.8) is 0 Å². The van der Waals surface area contributed by atoms with Crippen LogP contribution in [0.4, 0.5) is 0 Å². The van der Waals surface area contributed by atoms with Crippen molar-refractivity contribution in [2.75, 3.05) is 20.3 Å². The summed E-state index contributed by atoms with van der Waals surface area (Å²) < 4.78 is 11.0. The SMILES string of the molecule is CCNC(CCCC1CCCO1)c1cc(OC)cs1. The van der Waals surface area contributed by atoms with Crippen molar-refractivity contribution < 1.29 is 9.47 Å². The van der Waals surface area contributed by atoms with Crippen LogP contribution in [0.3, 0.4) is 0 Å². The van der Waals surface area contributed by atoms with Gasteiger partial charge in [0.2, 0.25) is 0 Å². The van der Waals surface area contributed by atoms with Crippen molar-refractivity contribution in [2.24, 2.45) is 0 Å². The standard InChI is InChI=1S/C15H25NO2S/c1-3-16-14(15-10-13(17-2)11-19-15)8-4-6-12-7-5-9-18-12/h10-12,14,16H,3-9H2,1-2H3. The molecule has 4 heteroatoms. The molecule has 0 radical (unpaired) electrons. The number of hydrogen-bond donors (Lipinski definition) is 1. The molecule has 3 nitrogen and oxygen atoms in total. The summed E-state index contributed by atoms with van der Waals surface area (Å²) in [5, 5.41) is 5.66. The van der Waals surface area contributed by atoms with Gasteiger partial charge in [-0.2, -0.15) is 0 Å². The van der Waals surface area contributed by atoms with E-state index < -0.39 is 0 Å². The Bertz CT molecular complexity index is 361. The zero-order chi connectivity index (χ0) is 13.5. The van der Waals surface area contributed by atoms with Gasteiger partial charge < -0.3 is 14.8 Å². The van der Waals surface area contributed by atoms with Crippen LogP contribution >= 0.6 is 11.3 Å². The van der Waals surface area contributed by atoms with Crippen molar-refractivity contribution >= 4 is 11.3 Å². The van der Waals surface area contributed by atoms with Gasteiger partial charge in [0.05, 0.1) is 13.2 Å². The van der Waals surface area contributed by atoms with Crippen LogP contribution in [-0.2, 0) is 4.74 Å². The Balaban J connectivity index is 1.81. The minimum absolute atomic E-state index is 0.459. The molecule has 0 spiro atoms. The van der Waals surface area contributed by atoms with E-state index in [0.717, 1.165) is 18.9 Å². The summed E-state index contributed by atoms with van der Waals surface area (Å²) in [6.45, 7) is 4.13. The fourth-order valence-electron chi connectivity index (χ4n) is 2.64. The van der Waals surface area contributed by atoms with Gasteiger partial charge in [-0.25, -0.2) is 0 Å². The van der Waals surface area contributed by atoms with Gasteiger partial charge in [0, 0.05) is 22.9 Å². The van der Waals surface area contributed by atoms with Gasteiger partial charge in [-0.1, -0.05) is 6.92 Å². The Hall–Kier alpha value is -0.580. The van der Waals surface area contributed by atoms with Crippen LogP contribution in [0.2, 0.25) is 0 Å². The van der Waals surface area contributed by atoms with Crippen LogP contribution in [0.15, 0.2) is 11.4 Å². The molecular formula is C15H25NO2S. The third-order valence-corrected chi connectivity index (χ3v) is 4.69. The first-order valence-electron chi connectivity index (χ1n) is 7.31. The van der Waals surface area contributed by atoms with Crippen LogP contribution in [0, 0.1) is 0 Å². The fraction of sp³-hybridized carbons (Fsp3) is 0.733. The highest BCUT2D eigenvalue weighted by molar-refractivity contribution is 7.10. The minimum atomic E-state index is 0.459. The summed E-state index contributed by atoms with van der Waals surface area (Å²) in [6, 6.07) is 2.62. The van der Waals surface area contributed by atoms with Crippen molar-refractivity contribution in [1.82, 2.24) is 5.32 Å². The number of rotatable bonds is 8. The second-order valence-corrected chi connectivity index (χ2v) is 6.01. The van der Waals surface area contributed by atoms with Gasteiger partial charge in [-0.05, 0) is 44.7 Å². The maximum atomic E-state index is 5.68. The normalized spacial score (nSPS) is 20.6. The second kappa shape index (κ2) is 7.88. The Morgan fingerprint density at radius 3 is 3.11 bits per heavy atom. The third kappa shape index (κ3) is 4.48. The Morgan fingerprint density at radius 1 is 1.58 bits per heavy atom. The molecule has 2 rings (SSSR count). The van der Waals surface area contributed by atoms with Gasteiger partial charge in [-0.3, -0.25) is 0 Å². The molecule has 0 aromatic carbocycles. The summed E-state index contributed by atoms with van der Waals surface area (Å²) in [4.78, 5) is 1.38. The quantitative estimate of drug-likeness (QED) is 0.788. The molecule has 2 unspecified atom stereocenters. The Kier molecular flexibility index (Phi) is 6.14. The molecule has 1 aromatic rings. The van der Waals surface area contributed by atoms with Gasteiger partial charge in [0.15, 0.2) is 0 Å². The second-order valence-electron chi connectivity index (χ2n) is 5.07. The molecule has 0 aliphatic carbocycles. The molecule has 0 saturated carbocycles. The highest BCUT2D eigenvalue weighted by Crippen LogP contribution is 2.30. The van der Waals surface area contributed by atoms with E-state index in [-0.39, 0.29) is 0 Å². The predicted molar refractivity (Wildman–Crippen MR) is 80.1 cm³/mol. The summed E-state index contributed by atoms with van der Waals surface area (Å²) in [5.41, 5.74) is 0. The lowest BCUT2D eigenvalue weighted by atomic mass is 10.0. The zero-order valence-corrected chi connectivity index (χ0v) is 12.8. The van der Waals surface area contributed by atoms with Crippen LogP contribution in [0.25, 0.3) is 0 Å². The average molecular weight is 283 g/mol. The highest BCUT2D eigenvalue weighted by atomic mass is 32.1. The molecule has 108 valence electrons. The predicted octanol–water partition coefficient (Wildman–Crippen LogP) is 3.76. The van der Waals surface area contributed by atoms with E-state index in [1.54, 1.807) is 18.4 Å². The molecule has 1 fully saturated rings. The van der Waals surface area contributed by atoms with Crippen molar-refractivity contribution in [3.05, 3.63) is 16.3 Å². The van der Waals surface area contributed by atoms with Crippen LogP contribution < -0.4 is 10.1 Å². The fourth-order valence-corrected chi connectivity index (χ4v) is 3.60. The topological polar surface area (TPSA) is 30.5 Å². The van der Waals surface area contributed by atoms with E-state index >= 15 is 0 Å². The number of ether oxygens (including phenoxy) is 2. The van der Waals surface area contributed by atoms with Crippen LogP contribution in [0.1, 0.15) is 49.9 Å². The largest absolute Gasteiger partial charge is 0.496 e. The van der Waals surface area contributed by atoms with E-state index in [9.17, 15) is 0 Å². The average Bonchev–Trinajstić information content (AvgIpc) is 3.09. The van der Waals surface area contributed by atoms with Gasteiger partial charge >= 0.3 is 0 Å². The third-order valence-electron chi connectivity index (χ3n) is 3.67. The molecule has 1 N–H and O–H groups in total. The molecule has 2 heterocycles. The number of hydrogen-bond acceptors (Lipinski definition) is 4. The van der Waals surface area contributed by atoms with Gasteiger partial charge in [0.25, 0.3) is 0 Å². The van der Waals surface area contributed by atoms with Gasteiger partial charge in [-0.15, -0.1) is 11.3 Å². The van der Waals surface area contributed by atoms with Crippen LogP contribution in [-0.4, -0.2) is 26.4 Å². The molecule has 0 bridgehead atoms. The summed E-state index contributed by atoms with van der Waals surface area (Å²) in [7, 11) is 1.73. The van der Waals surface area contributed by atoms with E-state index in [1.165, 1.54) is 37.0 Å². The number of nitrogens with one attached hydrogen (secondary N) is 1. The maximum Gasteiger partial charge on any atom is 0.129 e. The van der Waals surface area contributed by atoms with Crippen LogP contribution in [0.5, 0.6) is 5.75 Å². The molecular weight excluding hydrogens is 258 g/mol. The highest BCUT2D eigenvalue weighted by Gasteiger charge is 2.17. The van der Waals surface area contributed by atoms with Crippen molar-refractivity contribution in [3.8, 4) is 5.75 Å². The number of thiophene rings is 1. The Labute approximate surface area is 120 Å². The summed E-state index contributed by atoms with van der Waals surface area (Å²) >= 11 is 1.79. The molecule has 1 aromatic heterocycles. The lowest BCUT2D eigenvalue weighted by Gasteiger charge is -2.17. The first-order valence-corrected chi connectivity index (χ1v) is 8.19. The first kappa shape index (κ1) is 14.8. The molecule has 1 aliphatic rings. The maximum absolute atomic E-state index is 5.68. The van der Waals surface area contributed by atoms with Crippen molar-refractivity contribution in [2.45, 2.75) is 51.2 Å². The number of methoxy groups -OCH3 is 1. The van der Waals surface area contributed by atoms with Gasteiger partial charge in [0.1, 0.15) is 5.75 Å². The summed E-state index contributed by atoms with van der Waals surface area (Å²) in [5.74, 6) is 0.974. The molecule has 2 atom stereocenters. The van der Waals surface area contributed by atoms with E-state index in [2.05, 4.69) is 23.7 Å². The molecule has 1 aliphatic heterocycles. The monoisotopic (exact) mass is 283 g/mol. The van der Waals surface area contributed by atoms with E-state index in [1.807, 2.05) is 0 Å². The molecule has 1 saturated heterocycles. The molecule has 0 amide bonds. The van der Waals surface area contributed by atoms with E-state index in [4.69, 9.17) is 9.47 Å².